The number of nitrogens with zero attached hydrogens (tertiary/aromatic N) is 1. The number of hydrogen-bond acceptors (Lipinski definition) is 1. The van der Waals surface area contributed by atoms with Gasteiger partial charge in [0.05, 0.1) is 0 Å². The van der Waals surface area contributed by atoms with Gasteiger partial charge in [-0.25, -0.2) is 0 Å². The van der Waals surface area contributed by atoms with Crippen LogP contribution in [-0.2, 0) is 0 Å². The molecule has 0 aromatic rings. The lowest BCUT2D eigenvalue weighted by atomic mass is 10.3. The molecule has 0 aliphatic carbocycles. The summed E-state index contributed by atoms with van der Waals surface area (Å²) in [5, 5.41) is 9.13. The van der Waals surface area contributed by atoms with Crippen molar-refractivity contribution in [2.24, 2.45) is 0 Å². The Morgan fingerprint density at radius 1 is 1.50 bits per heavy atom. The van der Waals surface area contributed by atoms with Crippen LogP contribution in [0.25, 0.3) is 0 Å². The smallest absolute Gasteiger partial charge is 0.196 e. The highest BCUT2D eigenvalue weighted by atomic mass is 16.5. The van der Waals surface area contributed by atoms with E-state index in [4.69, 9.17) is 5.21 Å². The molecule has 0 aliphatic rings. The lowest BCUT2D eigenvalue weighted by Crippen LogP contribution is -2.16. The Kier molecular flexibility index (Phi) is 4.99. The summed E-state index contributed by atoms with van der Waals surface area (Å²) in [7, 11) is 0. The summed E-state index contributed by atoms with van der Waals surface area (Å²) in [6, 6.07) is 0.205. The number of unbranched alkanes of at least 4 members (excludes halogenated alkanes) is 2. The second-order valence-electron chi connectivity index (χ2n) is 2.80. The van der Waals surface area contributed by atoms with Gasteiger partial charge in [0.2, 0.25) is 0 Å². The largest absolute Gasteiger partial charge is 0.291 e. The van der Waals surface area contributed by atoms with E-state index in [-0.39, 0.29) is 6.04 Å². The van der Waals surface area contributed by atoms with Crippen LogP contribution in [0.2, 0.25) is 0 Å². The normalized spacial score (nSPS) is 12.6. The SMILES string of the molecule is CCCCC=[N+](O)C(C)C. The first-order valence-electron chi connectivity index (χ1n) is 3.99. The van der Waals surface area contributed by atoms with Crippen LogP contribution in [0.3, 0.4) is 0 Å². The molecule has 0 aromatic carbocycles. The van der Waals surface area contributed by atoms with Crippen LogP contribution in [-0.4, -0.2) is 22.2 Å². The summed E-state index contributed by atoms with van der Waals surface area (Å²) < 4.78 is 1.27. The monoisotopic (exact) mass is 144 g/mol. The average Bonchev–Trinajstić information content (AvgIpc) is 1.88. The minimum Gasteiger partial charge on any atom is -0.291 e. The van der Waals surface area contributed by atoms with Gasteiger partial charge >= 0.3 is 0 Å². The predicted octanol–water partition coefficient (Wildman–Crippen LogP) is 2.06. The molecule has 0 unspecified atom stereocenters. The third kappa shape index (κ3) is 4.36. The molecule has 60 valence electrons. The molecular formula is C8H18NO+. The molecule has 0 amide bonds. The first kappa shape index (κ1) is 9.47. The predicted molar refractivity (Wildman–Crippen MR) is 42.8 cm³/mol. The highest BCUT2D eigenvalue weighted by Gasteiger charge is 2.04. The highest BCUT2D eigenvalue weighted by Crippen LogP contribution is 1.91. The van der Waals surface area contributed by atoms with E-state index < -0.39 is 0 Å². The summed E-state index contributed by atoms with van der Waals surface area (Å²) >= 11 is 0. The van der Waals surface area contributed by atoms with Gasteiger partial charge in [0.1, 0.15) is 0 Å². The van der Waals surface area contributed by atoms with Crippen molar-refractivity contribution in [3.63, 3.8) is 0 Å². The number of hydrogen-bond donors (Lipinski definition) is 1. The van der Waals surface area contributed by atoms with Crippen LogP contribution in [0.5, 0.6) is 0 Å². The fourth-order valence-electron chi connectivity index (χ4n) is 0.639. The van der Waals surface area contributed by atoms with E-state index in [1.165, 1.54) is 11.2 Å². The van der Waals surface area contributed by atoms with Gasteiger partial charge in [-0.15, -0.1) is 0 Å². The van der Waals surface area contributed by atoms with Gasteiger partial charge in [-0.3, -0.25) is 5.21 Å². The molecular weight excluding hydrogens is 126 g/mol. The second-order valence-corrected chi connectivity index (χ2v) is 2.80. The van der Waals surface area contributed by atoms with Crippen molar-refractivity contribution >= 4 is 6.21 Å². The van der Waals surface area contributed by atoms with Crippen LogP contribution >= 0.6 is 0 Å². The van der Waals surface area contributed by atoms with Crippen molar-refractivity contribution in [2.75, 3.05) is 0 Å². The van der Waals surface area contributed by atoms with Crippen molar-refractivity contribution < 1.29 is 9.95 Å². The first-order chi connectivity index (χ1) is 4.68. The van der Waals surface area contributed by atoms with Gasteiger partial charge < -0.3 is 0 Å². The average molecular weight is 144 g/mol. The van der Waals surface area contributed by atoms with Crippen molar-refractivity contribution in [1.82, 2.24) is 0 Å². The molecule has 0 aliphatic heterocycles. The molecule has 10 heavy (non-hydrogen) atoms. The fourth-order valence-corrected chi connectivity index (χ4v) is 0.639. The van der Waals surface area contributed by atoms with E-state index in [0.29, 0.717) is 0 Å². The third-order valence-corrected chi connectivity index (χ3v) is 1.40. The van der Waals surface area contributed by atoms with Crippen LogP contribution in [0.15, 0.2) is 0 Å². The molecule has 0 heterocycles. The van der Waals surface area contributed by atoms with E-state index in [2.05, 4.69) is 6.92 Å². The van der Waals surface area contributed by atoms with Crippen LogP contribution in [0, 0.1) is 0 Å². The zero-order chi connectivity index (χ0) is 7.98. The maximum absolute atomic E-state index is 9.13. The Balaban J connectivity index is 3.48. The molecule has 0 spiro atoms. The standard InChI is InChI=1S/C8H18NO/c1-4-5-6-7-9(10)8(2)3/h7-8,10H,4-6H2,1-3H3/q+1. The Bertz CT molecular complexity index is 108. The zero-order valence-electron chi connectivity index (χ0n) is 7.17. The van der Waals surface area contributed by atoms with Crippen LogP contribution < -0.4 is 0 Å². The van der Waals surface area contributed by atoms with Gasteiger partial charge in [0, 0.05) is 20.3 Å². The van der Waals surface area contributed by atoms with Crippen molar-refractivity contribution in [3.05, 3.63) is 0 Å². The fraction of sp³-hybridized carbons (Fsp3) is 0.875. The van der Waals surface area contributed by atoms with E-state index in [0.717, 1.165) is 12.8 Å². The Morgan fingerprint density at radius 2 is 2.10 bits per heavy atom. The van der Waals surface area contributed by atoms with E-state index in [1.807, 2.05) is 20.1 Å². The van der Waals surface area contributed by atoms with Gasteiger partial charge in [-0.2, -0.15) is 0 Å². The second kappa shape index (κ2) is 5.27. The summed E-state index contributed by atoms with van der Waals surface area (Å²) in [5.41, 5.74) is 0. The van der Waals surface area contributed by atoms with Crippen LogP contribution in [0.1, 0.15) is 40.0 Å². The zero-order valence-corrected chi connectivity index (χ0v) is 7.17. The van der Waals surface area contributed by atoms with E-state index in [1.54, 1.807) is 0 Å². The molecule has 0 rings (SSSR count). The molecule has 2 nitrogen and oxygen atoms in total. The maximum Gasteiger partial charge on any atom is 0.196 e. The lowest BCUT2D eigenvalue weighted by molar-refractivity contribution is -0.792. The van der Waals surface area contributed by atoms with Crippen LogP contribution in [0.4, 0.5) is 0 Å². The minimum absolute atomic E-state index is 0.205. The van der Waals surface area contributed by atoms with Crippen molar-refractivity contribution in [1.29, 1.82) is 0 Å². The Hall–Kier alpha value is -0.530. The van der Waals surface area contributed by atoms with E-state index in [9.17, 15) is 0 Å². The first-order valence-corrected chi connectivity index (χ1v) is 3.99. The summed E-state index contributed by atoms with van der Waals surface area (Å²) in [6.45, 7) is 6.07. The third-order valence-electron chi connectivity index (χ3n) is 1.40. The molecule has 0 aromatic heterocycles. The Labute approximate surface area is 63.1 Å². The summed E-state index contributed by atoms with van der Waals surface area (Å²) in [6.07, 6.45) is 5.16. The van der Waals surface area contributed by atoms with Crippen molar-refractivity contribution in [3.8, 4) is 0 Å². The molecule has 2 heteroatoms. The molecule has 0 atom stereocenters. The number of rotatable bonds is 4. The topological polar surface area (TPSA) is 23.2 Å². The summed E-state index contributed by atoms with van der Waals surface area (Å²) in [4.78, 5) is 0. The maximum atomic E-state index is 9.13. The lowest BCUT2D eigenvalue weighted by Gasteiger charge is -1.94. The minimum atomic E-state index is 0.205. The number of hydroxylamine groups is 1. The molecule has 1 N–H and O–H groups in total. The highest BCUT2D eigenvalue weighted by molar-refractivity contribution is 5.50. The quantitative estimate of drug-likeness (QED) is 0.211. The van der Waals surface area contributed by atoms with Gasteiger partial charge in [0.25, 0.3) is 0 Å². The Morgan fingerprint density at radius 3 is 2.50 bits per heavy atom. The van der Waals surface area contributed by atoms with Gasteiger partial charge in [-0.1, -0.05) is 13.3 Å². The van der Waals surface area contributed by atoms with Crippen molar-refractivity contribution in [2.45, 2.75) is 46.1 Å². The molecule has 0 bridgehead atoms. The van der Waals surface area contributed by atoms with Gasteiger partial charge in [0.15, 0.2) is 12.3 Å². The molecule has 0 fully saturated rings. The van der Waals surface area contributed by atoms with E-state index >= 15 is 0 Å². The molecule has 0 saturated carbocycles. The molecule has 0 radical (unpaired) electrons. The summed E-state index contributed by atoms with van der Waals surface area (Å²) in [5.74, 6) is 0. The van der Waals surface area contributed by atoms with Gasteiger partial charge in [-0.05, 0) is 11.2 Å². The molecule has 0 saturated heterocycles.